The van der Waals surface area contributed by atoms with Crippen LogP contribution in [0.5, 0.6) is 0 Å². The third kappa shape index (κ3) is 2.28. The van der Waals surface area contributed by atoms with Gasteiger partial charge in [-0.25, -0.2) is 0 Å². The van der Waals surface area contributed by atoms with Gasteiger partial charge in [0.1, 0.15) is 6.54 Å². The normalized spacial score (nSPS) is 13.8. The average Bonchev–Trinajstić information content (AvgIpc) is 2.54. The van der Waals surface area contributed by atoms with E-state index >= 15 is 0 Å². The second-order valence-electron chi connectivity index (χ2n) is 4.63. The molecule has 2 amide bonds. The van der Waals surface area contributed by atoms with Gasteiger partial charge in [-0.2, -0.15) is 0 Å². The van der Waals surface area contributed by atoms with Gasteiger partial charge < -0.3 is 4.90 Å². The molecule has 1 aromatic rings. The standard InChI is InChI=1S/C13H13BrN2O3/c1-7-4-8(14)5-9-11(7)16(13(19)12(9)18)6-10(17)15(2)3/h4-5H,6H2,1-3H3. The molecule has 5 nitrogen and oxygen atoms in total. The van der Waals surface area contributed by atoms with Crippen LogP contribution in [0.15, 0.2) is 16.6 Å². The van der Waals surface area contributed by atoms with E-state index in [1.807, 2.05) is 13.0 Å². The Morgan fingerprint density at radius 1 is 1.32 bits per heavy atom. The second-order valence-corrected chi connectivity index (χ2v) is 5.54. The lowest BCUT2D eigenvalue weighted by molar-refractivity contribution is -0.128. The van der Waals surface area contributed by atoms with Gasteiger partial charge in [0, 0.05) is 18.6 Å². The topological polar surface area (TPSA) is 57.7 Å². The Hall–Kier alpha value is -1.69. The van der Waals surface area contributed by atoms with E-state index in [2.05, 4.69) is 15.9 Å². The fourth-order valence-corrected chi connectivity index (χ4v) is 2.61. The Kier molecular flexibility index (Phi) is 3.45. The zero-order valence-corrected chi connectivity index (χ0v) is 12.4. The number of rotatable bonds is 2. The maximum atomic E-state index is 12.0. The van der Waals surface area contributed by atoms with Crippen LogP contribution in [0.2, 0.25) is 0 Å². The van der Waals surface area contributed by atoms with Crippen molar-refractivity contribution in [2.24, 2.45) is 0 Å². The molecule has 1 aromatic carbocycles. The van der Waals surface area contributed by atoms with Crippen LogP contribution in [0, 0.1) is 6.92 Å². The van der Waals surface area contributed by atoms with E-state index in [4.69, 9.17) is 0 Å². The predicted octanol–water partition coefficient (Wildman–Crippen LogP) is 1.38. The Morgan fingerprint density at radius 3 is 2.53 bits per heavy atom. The monoisotopic (exact) mass is 324 g/mol. The van der Waals surface area contributed by atoms with Crippen molar-refractivity contribution in [2.45, 2.75) is 6.92 Å². The third-order valence-corrected chi connectivity index (χ3v) is 3.47. The van der Waals surface area contributed by atoms with Gasteiger partial charge in [0.15, 0.2) is 0 Å². The molecule has 0 N–H and O–H groups in total. The highest BCUT2D eigenvalue weighted by Crippen LogP contribution is 2.34. The number of anilines is 1. The van der Waals surface area contributed by atoms with Crippen molar-refractivity contribution in [3.63, 3.8) is 0 Å². The van der Waals surface area contributed by atoms with Gasteiger partial charge in [-0.1, -0.05) is 15.9 Å². The number of ketones is 1. The first-order valence-electron chi connectivity index (χ1n) is 5.69. The number of likely N-dealkylation sites (N-methyl/N-ethyl adjacent to an activating group) is 1. The van der Waals surface area contributed by atoms with Crippen LogP contribution in [0.25, 0.3) is 0 Å². The molecule has 0 fully saturated rings. The van der Waals surface area contributed by atoms with E-state index in [1.165, 1.54) is 9.80 Å². The Morgan fingerprint density at radius 2 is 1.95 bits per heavy atom. The van der Waals surface area contributed by atoms with E-state index < -0.39 is 11.7 Å². The molecule has 2 rings (SSSR count). The van der Waals surface area contributed by atoms with Crippen LogP contribution in [-0.2, 0) is 9.59 Å². The molecule has 6 heteroatoms. The number of hydrogen-bond acceptors (Lipinski definition) is 3. The number of carbonyl (C=O) groups excluding carboxylic acids is 3. The minimum Gasteiger partial charge on any atom is -0.347 e. The zero-order chi connectivity index (χ0) is 14.3. The molecule has 1 heterocycles. The Balaban J connectivity index is 2.47. The molecule has 0 atom stereocenters. The lowest BCUT2D eigenvalue weighted by Gasteiger charge is -2.20. The predicted molar refractivity (Wildman–Crippen MR) is 74.3 cm³/mol. The van der Waals surface area contributed by atoms with Crippen molar-refractivity contribution in [1.29, 1.82) is 0 Å². The van der Waals surface area contributed by atoms with Gasteiger partial charge in [0.25, 0.3) is 11.7 Å². The maximum absolute atomic E-state index is 12.0. The van der Waals surface area contributed by atoms with Crippen LogP contribution in [0.1, 0.15) is 15.9 Å². The molecule has 0 bridgehead atoms. The smallest absolute Gasteiger partial charge is 0.299 e. The summed E-state index contributed by atoms with van der Waals surface area (Å²) in [5, 5.41) is 0. The molecule has 0 unspecified atom stereocenters. The van der Waals surface area contributed by atoms with E-state index in [0.717, 1.165) is 10.0 Å². The van der Waals surface area contributed by atoms with Gasteiger partial charge in [-0.15, -0.1) is 0 Å². The van der Waals surface area contributed by atoms with Crippen molar-refractivity contribution in [1.82, 2.24) is 4.90 Å². The van der Waals surface area contributed by atoms with E-state index in [0.29, 0.717) is 11.3 Å². The average molecular weight is 325 g/mol. The molecule has 1 aliphatic rings. The first-order valence-corrected chi connectivity index (χ1v) is 6.48. The molecule has 0 aliphatic carbocycles. The highest BCUT2D eigenvalue weighted by Gasteiger charge is 2.38. The van der Waals surface area contributed by atoms with Crippen LogP contribution in [0.3, 0.4) is 0 Å². The number of nitrogens with zero attached hydrogens (tertiary/aromatic N) is 2. The minimum absolute atomic E-state index is 0.118. The fourth-order valence-electron chi connectivity index (χ4n) is 2.03. The first-order chi connectivity index (χ1) is 8.82. The van der Waals surface area contributed by atoms with Crippen LogP contribution in [-0.4, -0.2) is 43.1 Å². The first kappa shape index (κ1) is 13.7. The molecule has 0 aromatic heterocycles. The Labute approximate surface area is 119 Å². The van der Waals surface area contributed by atoms with Crippen molar-refractivity contribution >= 4 is 39.2 Å². The third-order valence-electron chi connectivity index (χ3n) is 3.01. The summed E-state index contributed by atoms with van der Waals surface area (Å²) in [6.45, 7) is 1.69. The summed E-state index contributed by atoms with van der Waals surface area (Å²) in [6.07, 6.45) is 0. The quantitative estimate of drug-likeness (QED) is 0.772. The molecule has 19 heavy (non-hydrogen) atoms. The lowest BCUT2D eigenvalue weighted by Crippen LogP contribution is -2.39. The van der Waals surface area contributed by atoms with Crippen molar-refractivity contribution in [3.05, 3.63) is 27.7 Å². The van der Waals surface area contributed by atoms with Gasteiger partial charge in [0.2, 0.25) is 5.91 Å². The SMILES string of the molecule is Cc1cc(Br)cc2c1N(CC(=O)N(C)C)C(=O)C2=O. The van der Waals surface area contributed by atoms with Gasteiger partial charge in [-0.3, -0.25) is 19.3 Å². The minimum atomic E-state index is -0.647. The highest BCUT2D eigenvalue weighted by molar-refractivity contribution is 9.10. The van der Waals surface area contributed by atoms with Crippen molar-refractivity contribution < 1.29 is 14.4 Å². The molecular weight excluding hydrogens is 312 g/mol. The van der Waals surface area contributed by atoms with Crippen LogP contribution < -0.4 is 4.90 Å². The lowest BCUT2D eigenvalue weighted by atomic mass is 10.1. The summed E-state index contributed by atoms with van der Waals surface area (Å²) < 4.78 is 0.741. The number of Topliss-reactive ketones (excluding diaryl/α,β-unsaturated/α-hetero) is 1. The zero-order valence-electron chi connectivity index (χ0n) is 10.9. The fraction of sp³-hybridized carbons (Fsp3) is 0.308. The molecule has 0 saturated heterocycles. The summed E-state index contributed by atoms with van der Waals surface area (Å²) in [7, 11) is 3.22. The number of carbonyl (C=O) groups is 3. The largest absolute Gasteiger partial charge is 0.347 e. The van der Waals surface area contributed by atoms with E-state index in [-0.39, 0.29) is 12.5 Å². The maximum Gasteiger partial charge on any atom is 0.299 e. The number of aryl methyl sites for hydroxylation is 1. The number of halogens is 1. The summed E-state index contributed by atoms with van der Waals surface area (Å²) in [4.78, 5) is 38.3. The number of hydrogen-bond donors (Lipinski definition) is 0. The number of fused-ring (bicyclic) bond motifs is 1. The van der Waals surface area contributed by atoms with Gasteiger partial charge in [-0.05, 0) is 24.6 Å². The Bertz CT molecular complexity index is 596. The van der Waals surface area contributed by atoms with Crippen molar-refractivity contribution in [2.75, 3.05) is 25.5 Å². The molecule has 0 saturated carbocycles. The number of benzene rings is 1. The summed E-state index contributed by atoms with van der Waals surface area (Å²) in [5.74, 6) is -1.44. The van der Waals surface area contributed by atoms with Gasteiger partial charge >= 0.3 is 0 Å². The number of amides is 2. The molecule has 0 radical (unpaired) electrons. The van der Waals surface area contributed by atoms with E-state index in [1.54, 1.807) is 20.2 Å². The van der Waals surface area contributed by atoms with Crippen LogP contribution >= 0.6 is 15.9 Å². The molecule has 100 valence electrons. The van der Waals surface area contributed by atoms with E-state index in [9.17, 15) is 14.4 Å². The van der Waals surface area contributed by atoms with Crippen LogP contribution in [0.4, 0.5) is 5.69 Å². The summed E-state index contributed by atoms with van der Waals surface area (Å²) in [5.41, 5.74) is 1.67. The molecular formula is C13H13BrN2O3. The van der Waals surface area contributed by atoms with Gasteiger partial charge in [0.05, 0.1) is 11.3 Å². The molecule has 1 aliphatic heterocycles. The van der Waals surface area contributed by atoms with Crippen molar-refractivity contribution in [3.8, 4) is 0 Å². The highest BCUT2D eigenvalue weighted by atomic mass is 79.9. The summed E-state index contributed by atoms with van der Waals surface area (Å²) in [6, 6.07) is 3.43. The second kappa shape index (κ2) is 4.77. The summed E-state index contributed by atoms with van der Waals surface area (Å²) >= 11 is 3.30. The molecule has 0 spiro atoms.